The molecule has 6 heteroatoms. The van der Waals surface area contributed by atoms with Crippen molar-refractivity contribution in [3.63, 3.8) is 0 Å². The minimum atomic E-state index is -0.753. The quantitative estimate of drug-likeness (QED) is 0.617. The van der Waals surface area contributed by atoms with Crippen LogP contribution in [0.5, 0.6) is 0 Å². The van der Waals surface area contributed by atoms with Gasteiger partial charge in [0.15, 0.2) is 0 Å². The number of anilines is 1. The predicted octanol–water partition coefficient (Wildman–Crippen LogP) is 3.91. The molecule has 1 aromatic carbocycles. The predicted molar refractivity (Wildman–Crippen MR) is 86.6 cm³/mol. The number of rotatable bonds is 8. The van der Waals surface area contributed by atoms with Crippen molar-refractivity contribution in [3.05, 3.63) is 28.2 Å². The first-order valence-corrected chi connectivity index (χ1v) is 7.80. The molecule has 0 bridgehead atoms. The van der Waals surface area contributed by atoms with Gasteiger partial charge in [-0.1, -0.05) is 28.8 Å². The van der Waals surface area contributed by atoms with E-state index in [1.54, 1.807) is 0 Å². The number of unbranched alkanes of at least 4 members (excludes halogenated alkanes) is 3. The van der Waals surface area contributed by atoms with Gasteiger partial charge in [-0.2, -0.15) is 0 Å². The van der Waals surface area contributed by atoms with Crippen molar-refractivity contribution in [1.82, 2.24) is 5.32 Å². The number of carbonyl (C=O) groups excluding carboxylic acids is 1. The van der Waals surface area contributed by atoms with Gasteiger partial charge >= 0.3 is 12.0 Å². The van der Waals surface area contributed by atoms with E-state index in [0.29, 0.717) is 13.0 Å². The number of nitrogens with one attached hydrogen (secondary N) is 2. The molecule has 0 atom stereocenters. The van der Waals surface area contributed by atoms with Crippen LogP contribution in [0, 0.1) is 6.92 Å². The number of carboxylic acids is 1. The van der Waals surface area contributed by atoms with E-state index < -0.39 is 5.97 Å². The SMILES string of the molecule is Cc1cc(Br)cc(NC(=O)NCCCCCCC(=O)O)c1. The largest absolute Gasteiger partial charge is 0.481 e. The molecule has 0 unspecified atom stereocenters. The number of carbonyl (C=O) groups is 2. The molecule has 0 aromatic heterocycles. The van der Waals surface area contributed by atoms with Gasteiger partial charge in [-0.25, -0.2) is 4.79 Å². The van der Waals surface area contributed by atoms with E-state index >= 15 is 0 Å². The van der Waals surface area contributed by atoms with Crippen molar-refractivity contribution in [1.29, 1.82) is 0 Å². The normalized spacial score (nSPS) is 10.2. The van der Waals surface area contributed by atoms with Crippen molar-refractivity contribution >= 4 is 33.6 Å². The minimum Gasteiger partial charge on any atom is -0.481 e. The minimum absolute atomic E-state index is 0.218. The lowest BCUT2D eigenvalue weighted by Gasteiger charge is -2.08. The summed E-state index contributed by atoms with van der Waals surface area (Å²) >= 11 is 3.39. The van der Waals surface area contributed by atoms with Gasteiger partial charge in [0.2, 0.25) is 0 Å². The number of aliphatic carboxylic acids is 1. The molecule has 0 saturated carbocycles. The molecule has 3 N–H and O–H groups in total. The molecule has 1 rings (SSSR count). The third-order valence-corrected chi connectivity index (χ3v) is 3.36. The third-order valence-electron chi connectivity index (χ3n) is 2.90. The highest BCUT2D eigenvalue weighted by Gasteiger charge is 2.02. The van der Waals surface area contributed by atoms with E-state index in [1.807, 2.05) is 25.1 Å². The number of amides is 2. The van der Waals surface area contributed by atoms with Crippen LogP contribution >= 0.6 is 15.9 Å². The Bertz CT molecular complexity index is 472. The fourth-order valence-electron chi connectivity index (χ4n) is 1.94. The first-order valence-electron chi connectivity index (χ1n) is 7.01. The molecule has 5 nitrogen and oxygen atoms in total. The average Bonchev–Trinajstić information content (AvgIpc) is 2.35. The van der Waals surface area contributed by atoms with Gasteiger partial charge in [0.05, 0.1) is 0 Å². The molecule has 0 fully saturated rings. The summed E-state index contributed by atoms with van der Waals surface area (Å²) in [7, 11) is 0. The van der Waals surface area contributed by atoms with Gasteiger partial charge in [-0.3, -0.25) is 4.79 Å². The fourth-order valence-corrected chi connectivity index (χ4v) is 2.55. The highest BCUT2D eigenvalue weighted by Crippen LogP contribution is 2.18. The summed E-state index contributed by atoms with van der Waals surface area (Å²) in [5.41, 5.74) is 1.82. The lowest BCUT2D eigenvalue weighted by Crippen LogP contribution is -2.29. The molecule has 21 heavy (non-hydrogen) atoms. The number of halogens is 1. The van der Waals surface area contributed by atoms with Crippen LogP contribution in [0.25, 0.3) is 0 Å². The molecule has 0 aliphatic heterocycles. The summed E-state index contributed by atoms with van der Waals surface area (Å²) < 4.78 is 0.927. The van der Waals surface area contributed by atoms with Crippen LogP contribution in [0.4, 0.5) is 10.5 Å². The Morgan fingerprint density at radius 1 is 1.14 bits per heavy atom. The van der Waals surface area contributed by atoms with E-state index in [4.69, 9.17) is 5.11 Å². The van der Waals surface area contributed by atoms with Gasteiger partial charge in [-0.05, 0) is 43.5 Å². The van der Waals surface area contributed by atoms with Gasteiger partial charge in [0.25, 0.3) is 0 Å². The zero-order valence-electron chi connectivity index (χ0n) is 12.1. The van der Waals surface area contributed by atoms with Crippen LogP contribution in [0.15, 0.2) is 22.7 Å². The molecule has 0 spiro atoms. The zero-order valence-corrected chi connectivity index (χ0v) is 13.7. The Kier molecular flexibility index (Phi) is 7.82. The standard InChI is InChI=1S/C15H21BrN2O3/c1-11-8-12(16)10-13(9-11)18-15(21)17-7-5-3-2-4-6-14(19)20/h8-10H,2-7H2,1H3,(H,19,20)(H2,17,18,21). The molecule has 0 radical (unpaired) electrons. The lowest BCUT2D eigenvalue weighted by atomic mass is 10.1. The Morgan fingerprint density at radius 2 is 1.86 bits per heavy atom. The molecule has 116 valence electrons. The molecule has 0 saturated heterocycles. The molecule has 2 amide bonds. The van der Waals surface area contributed by atoms with Crippen LogP contribution < -0.4 is 10.6 Å². The Labute approximate surface area is 133 Å². The van der Waals surface area contributed by atoms with Gasteiger partial charge < -0.3 is 15.7 Å². The summed E-state index contributed by atoms with van der Waals surface area (Å²) in [6.07, 6.45) is 3.56. The molecule has 0 heterocycles. The number of carboxylic acid groups (broad SMARTS) is 1. The number of aryl methyl sites for hydroxylation is 1. The summed E-state index contributed by atoms with van der Waals surface area (Å²) in [6, 6.07) is 5.49. The van der Waals surface area contributed by atoms with Gasteiger partial charge in [0.1, 0.15) is 0 Å². The van der Waals surface area contributed by atoms with Crippen LogP contribution in [-0.4, -0.2) is 23.7 Å². The summed E-state index contributed by atoms with van der Waals surface area (Å²) in [5, 5.41) is 14.1. The maximum Gasteiger partial charge on any atom is 0.319 e. The van der Waals surface area contributed by atoms with E-state index in [0.717, 1.165) is 35.0 Å². The van der Waals surface area contributed by atoms with E-state index in [9.17, 15) is 9.59 Å². The van der Waals surface area contributed by atoms with Crippen molar-refractivity contribution < 1.29 is 14.7 Å². The first-order chi connectivity index (χ1) is 9.97. The number of hydrogen-bond donors (Lipinski definition) is 3. The number of urea groups is 1. The molecule has 0 aliphatic rings. The molecule has 1 aromatic rings. The van der Waals surface area contributed by atoms with Gasteiger partial charge in [-0.15, -0.1) is 0 Å². The van der Waals surface area contributed by atoms with Crippen LogP contribution in [-0.2, 0) is 4.79 Å². The Hall–Kier alpha value is -1.56. The van der Waals surface area contributed by atoms with E-state index in [1.165, 1.54) is 0 Å². The molecule has 0 aliphatic carbocycles. The summed E-state index contributed by atoms with van der Waals surface area (Å²) in [6.45, 7) is 2.55. The monoisotopic (exact) mass is 356 g/mol. The third kappa shape index (κ3) is 8.34. The average molecular weight is 357 g/mol. The molecular weight excluding hydrogens is 336 g/mol. The maximum absolute atomic E-state index is 11.7. The maximum atomic E-state index is 11.7. The van der Waals surface area contributed by atoms with Crippen molar-refractivity contribution in [2.75, 3.05) is 11.9 Å². The van der Waals surface area contributed by atoms with Crippen LogP contribution in [0.1, 0.15) is 37.7 Å². The lowest BCUT2D eigenvalue weighted by molar-refractivity contribution is -0.137. The van der Waals surface area contributed by atoms with Crippen molar-refractivity contribution in [3.8, 4) is 0 Å². The van der Waals surface area contributed by atoms with Crippen molar-refractivity contribution in [2.24, 2.45) is 0 Å². The fraction of sp³-hybridized carbons (Fsp3) is 0.467. The van der Waals surface area contributed by atoms with Crippen molar-refractivity contribution in [2.45, 2.75) is 39.0 Å². The Morgan fingerprint density at radius 3 is 2.52 bits per heavy atom. The van der Waals surface area contributed by atoms with Crippen LogP contribution in [0.2, 0.25) is 0 Å². The second kappa shape index (κ2) is 9.39. The summed E-state index contributed by atoms with van der Waals surface area (Å²) in [4.78, 5) is 22.0. The van der Waals surface area contributed by atoms with Gasteiger partial charge in [0, 0.05) is 23.1 Å². The highest BCUT2D eigenvalue weighted by atomic mass is 79.9. The Balaban J connectivity index is 2.15. The second-order valence-corrected chi connectivity index (χ2v) is 5.87. The highest BCUT2D eigenvalue weighted by molar-refractivity contribution is 9.10. The topological polar surface area (TPSA) is 78.4 Å². The smallest absolute Gasteiger partial charge is 0.319 e. The number of benzene rings is 1. The number of hydrogen-bond acceptors (Lipinski definition) is 2. The first kappa shape index (κ1) is 17.5. The van der Waals surface area contributed by atoms with E-state index in [2.05, 4.69) is 26.6 Å². The van der Waals surface area contributed by atoms with Crippen LogP contribution in [0.3, 0.4) is 0 Å². The molecular formula is C15H21BrN2O3. The van der Waals surface area contributed by atoms with E-state index in [-0.39, 0.29) is 12.5 Å². The zero-order chi connectivity index (χ0) is 15.7. The summed E-state index contributed by atoms with van der Waals surface area (Å²) in [5.74, 6) is -0.753. The second-order valence-electron chi connectivity index (χ2n) is 4.96.